The van der Waals surface area contributed by atoms with Gasteiger partial charge in [0.05, 0.1) is 26.4 Å². The third-order valence-electron chi connectivity index (χ3n) is 11.4. The summed E-state index contributed by atoms with van der Waals surface area (Å²) in [7, 11) is 0. The summed E-state index contributed by atoms with van der Waals surface area (Å²) < 4.78 is 23.5. The lowest BCUT2D eigenvalue weighted by Gasteiger charge is -2.18. The van der Waals surface area contributed by atoms with Gasteiger partial charge in [-0.25, -0.2) is 0 Å². The van der Waals surface area contributed by atoms with E-state index < -0.39 is 0 Å². The Morgan fingerprint density at radius 1 is 0.451 bits per heavy atom. The molecule has 0 aromatic carbocycles. The highest BCUT2D eigenvalue weighted by atomic mass is 16.5. The summed E-state index contributed by atoms with van der Waals surface area (Å²) in [5.74, 6) is 4.89. The van der Waals surface area contributed by atoms with E-state index in [9.17, 15) is 10.2 Å². The van der Waals surface area contributed by atoms with Crippen LogP contribution in [0.5, 0.6) is 0 Å². The van der Waals surface area contributed by atoms with Crippen molar-refractivity contribution in [2.75, 3.05) is 52.9 Å². The second kappa shape index (κ2) is 34.3. The molecule has 0 heterocycles. The molecule has 0 bridgehead atoms. The molecule has 306 valence electrons. The molecule has 1 aliphatic rings. The number of aliphatic hydroxyl groups is 2. The van der Waals surface area contributed by atoms with Gasteiger partial charge in [-0.15, -0.1) is 0 Å². The van der Waals surface area contributed by atoms with Crippen LogP contribution >= 0.6 is 0 Å². The van der Waals surface area contributed by atoms with E-state index >= 15 is 0 Å². The summed E-state index contributed by atoms with van der Waals surface area (Å²) in [6, 6.07) is 0. The molecule has 6 nitrogen and oxygen atoms in total. The molecule has 1 rings (SSSR count). The van der Waals surface area contributed by atoms with Crippen LogP contribution in [0.2, 0.25) is 0 Å². The number of rotatable bonds is 38. The molecule has 6 atom stereocenters. The molecule has 2 unspecified atom stereocenters. The van der Waals surface area contributed by atoms with E-state index in [2.05, 4.69) is 41.5 Å². The van der Waals surface area contributed by atoms with E-state index in [-0.39, 0.29) is 25.4 Å². The maximum atomic E-state index is 9.65. The van der Waals surface area contributed by atoms with Crippen LogP contribution in [0.4, 0.5) is 0 Å². The first-order valence-electron chi connectivity index (χ1n) is 22.3. The first-order chi connectivity index (χ1) is 24.7. The lowest BCUT2D eigenvalue weighted by molar-refractivity contribution is -0.0459. The van der Waals surface area contributed by atoms with Crippen molar-refractivity contribution in [2.24, 2.45) is 35.5 Å². The van der Waals surface area contributed by atoms with Crippen molar-refractivity contribution >= 4 is 0 Å². The van der Waals surface area contributed by atoms with Gasteiger partial charge in [-0.1, -0.05) is 157 Å². The summed E-state index contributed by atoms with van der Waals surface area (Å²) in [5, 5.41) is 19.3. The molecule has 1 aliphatic carbocycles. The summed E-state index contributed by atoms with van der Waals surface area (Å²) in [6.45, 7) is 17.9. The first kappa shape index (κ1) is 48.8. The summed E-state index contributed by atoms with van der Waals surface area (Å²) in [5.41, 5.74) is 0. The fourth-order valence-corrected chi connectivity index (χ4v) is 7.68. The minimum Gasteiger partial charge on any atom is -0.394 e. The predicted octanol–water partition coefficient (Wildman–Crippen LogP) is 11.6. The zero-order valence-corrected chi connectivity index (χ0v) is 35.1. The molecule has 1 saturated carbocycles. The second-order valence-electron chi connectivity index (χ2n) is 17.6. The minimum absolute atomic E-state index is 0.0444. The molecular weight excluding hydrogens is 636 g/mol. The molecule has 0 saturated heterocycles. The van der Waals surface area contributed by atoms with Gasteiger partial charge in [0, 0.05) is 26.4 Å². The van der Waals surface area contributed by atoms with Crippen molar-refractivity contribution < 1.29 is 29.2 Å². The average molecular weight is 727 g/mol. The molecule has 2 N–H and O–H groups in total. The van der Waals surface area contributed by atoms with Crippen LogP contribution in [0.1, 0.15) is 189 Å². The van der Waals surface area contributed by atoms with Crippen molar-refractivity contribution in [1.82, 2.24) is 0 Å². The van der Waals surface area contributed by atoms with Crippen LogP contribution in [0.15, 0.2) is 0 Å². The van der Waals surface area contributed by atoms with E-state index in [4.69, 9.17) is 18.9 Å². The van der Waals surface area contributed by atoms with Crippen LogP contribution in [0.3, 0.4) is 0 Å². The van der Waals surface area contributed by atoms with Gasteiger partial charge < -0.3 is 29.2 Å². The number of unbranched alkanes of at least 4 members (excludes halogenated alkanes) is 8. The highest BCUT2D eigenvalue weighted by Gasteiger charge is 2.23. The maximum Gasteiger partial charge on any atom is 0.104 e. The monoisotopic (exact) mass is 727 g/mol. The van der Waals surface area contributed by atoms with Crippen LogP contribution in [0, 0.1) is 35.5 Å². The normalized spacial score (nSPS) is 18.9. The summed E-state index contributed by atoms with van der Waals surface area (Å²) in [6.07, 6.45) is 29.6. The van der Waals surface area contributed by atoms with Crippen molar-refractivity contribution in [3.05, 3.63) is 0 Å². The lowest BCUT2D eigenvalue weighted by Crippen LogP contribution is -2.25. The SMILES string of the molecule is CC(C)CCC[C@@H](C)CCO[C@H](CO)COCCCCCCCC1CCC(CCCCCCCOC[C@@H](CO)OCC[C@H](C)CCCC(C)C)C1. The zero-order valence-electron chi connectivity index (χ0n) is 35.1. The van der Waals surface area contributed by atoms with E-state index in [0.29, 0.717) is 25.0 Å². The quantitative estimate of drug-likeness (QED) is 0.0617. The van der Waals surface area contributed by atoms with Gasteiger partial charge in [-0.2, -0.15) is 0 Å². The minimum atomic E-state index is -0.181. The molecule has 0 aromatic heterocycles. The molecule has 0 aliphatic heterocycles. The molecule has 0 spiro atoms. The summed E-state index contributed by atoms with van der Waals surface area (Å²) in [4.78, 5) is 0. The lowest BCUT2D eigenvalue weighted by atomic mass is 9.95. The molecule has 0 aromatic rings. The van der Waals surface area contributed by atoms with E-state index in [1.807, 2.05) is 0 Å². The van der Waals surface area contributed by atoms with Gasteiger partial charge in [0.25, 0.3) is 0 Å². The zero-order chi connectivity index (χ0) is 37.4. The van der Waals surface area contributed by atoms with Gasteiger partial charge >= 0.3 is 0 Å². The van der Waals surface area contributed by atoms with Crippen LogP contribution in [0.25, 0.3) is 0 Å². The third kappa shape index (κ3) is 30.7. The van der Waals surface area contributed by atoms with Crippen molar-refractivity contribution in [2.45, 2.75) is 201 Å². The molecule has 0 radical (unpaired) electrons. The average Bonchev–Trinajstić information content (AvgIpc) is 3.55. The van der Waals surface area contributed by atoms with E-state index in [0.717, 1.165) is 75.8 Å². The maximum absolute atomic E-state index is 9.65. The first-order valence-corrected chi connectivity index (χ1v) is 22.3. The van der Waals surface area contributed by atoms with Gasteiger partial charge in [-0.3, -0.25) is 0 Å². The van der Waals surface area contributed by atoms with Crippen molar-refractivity contribution in [1.29, 1.82) is 0 Å². The Balaban J connectivity index is 1.89. The van der Waals surface area contributed by atoms with Crippen molar-refractivity contribution in [3.63, 3.8) is 0 Å². The van der Waals surface area contributed by atoms with Gasteiger partial charge in [-0.05, 0) is 67.6 Å². The Morgan fingerprint density at radius 3 is 1.24 bits per heavy atom. The molecule has 51 heavy (non-hydrogen) atoms. The Labute approximate surface area is 318 Å². The smallest absolute Gasteiger partial charge is 0.104 e. The highest BCUT2D eigenvalue weighted by Crippen LogP contribution is 2.37. The highest BCUT2D eigenvalue weighted by molar-refractivity contribution is 4.76. The Kier molecular flexibility index (Phi) is 32.8. The Bertz CT molecular complexity index is 659. The fraction of sp³-hybridized carbons (Fsp3) is 1.00. The standard InChI is InChI=1S/C45H90O6/c1-38(2)19-17-21-40(5)27-31-50-44(34-46)36-48-29-15-11-7-9-13-23-42-25-26-43(33-42)24-14-10-8-12-16-30-49-37-45(35-47)51-32-28-41(6)22-18-20-39(3)4/h38-47H,7-37H2,1-6H3/t40-,41-,42?,43?,44-,45-/m1/s1. The number of ether oxygens (including phenoxy) is 4. The largest absolute Gasteiger partial charge is 0.394 e. The predicted molar refractivity (Wildman–Crippen MR) is 216 cm³/mol. The fourth-order valence-electron chi connectivity index (χ4n) is 7.68. The molecule has 0 amide bonds. The molecule has 6 heteroatoms. The van der Waals surface area contributed by atoms with Crippen LogP contribution in [-0.2, 0) is 18.9 Å². The van der Waals surface area contributed by atoms with Gasteiger partial charge in [0.15, 0.2) is 0 Å². The number of hydrogen-bond donors (Lipinski definition) is 2. The summed E-state index contributed by atoms with van der Waals surface area (Å²) >= 11 is 0. The second-order valence-corrected chi connectivity index (χ2v) is 17.6. The van der Waals surface area contributed by atoms with E-state index in [1.165, 1.54) is 122 Å². The van der Waals surface area contributed by atoms with Crippen LogP contribution < -0.4 is 0 Å². The van der Waals surface area contributed by atoms with E-state index in [1.54, 1.807) is 0 Å². The van der Waals surface area contributed by atoms with Gasteiger partial charge in [0.2, 0.25) is 0 Å². The molecular formula is C45H90O6. The van der Waals surface area contributed by atoms with Crippen molar-refractivity contribution in [3.8, 4) is 0 Å². The molecule has 1 fully saturated rings. The Hall–Kier alpha value is -0.240. The Morgan fingerprint density at radius 2 is 0.843 bits per heavy atom. The van der Waals surface area contributed by atoms with Crippen LogP contribution in [-0.4, -0.2) is 75.3 Å². The van der Waals surface area contributed by atoms with Gasteiger partial charge in [0.1, 0.15) is 12.2 Å². The topological polar surface area (TPSA) is 77.4 Å². The number of aliphatic hydroxyl groups excluding tert-OH is 2. The third-order valence-corrected chi connectivity index (χ3v) is 11.4. The number of hydrogen-bond acceptors (Lipinski definition) is 6.